The Morgan fingerprint density at radius 2 is 1.59 bits per heavy atom. The molecule has 1 atom stereocenters. The number of nitrogens with one attached hydrogen (secondary N) is 1. The minimum atomic E-state index is -4.16. The number of methoxy groups -OCH3 is 1. The summed E-state index contributed by atoms with van der Waals surface area (Å²) in [7, 11) is -2.67. The zero-order valence-corrected chi connectivity index (χ0v) is 23.4. The molecule has 0 fully saturated rings. The third-order valence-electron chi connectivity index (χ3n) is 6.23. The van der Waals surface area contributed by atoms with Crippen LogP contribution >= 0.6 is 0 Å². The van der Waals surface area contributed by atoms with Gasteiger partial charge in [0.1, 0.15) is 24.2 Å². The molecule has 0 aromatic heterocycles. The number of carbonyl (C=O) groups excluding carboxylic acids is 2. The average Bonchev–Trinajstić information content (AvgIpc) is 2.94. The summed E-state index contributed by atoms with van der Waals surface area (Å²) in [5.41, 5.74) is 1.74. The molecular formula is C29H34FN3O5S. The fraction of sp³-hybridized carbons (Fsp3) is 0.310. The first-order valence-electron chi connectivity index (χ1n) is 12.6. The zero-order valence-electron chi connectivity index (χ0n) is 22.6. The van der Waals surface area contributed by atoms with Gasteiger partial charge in [0.05, 0.1) is 17.7 Å². The molecule has 208 valence electrons. The van der Waals surface area contributed by atoms with E-state index in [1.165, 1.54) is 48.4 Å². The SMILES string of the molecule is CCCNC(=O)C(C)N(Cc1ccc(F)cc1)C(=O)CN(c1ccc(OC)cc1)S(=O)(=O)c1ccc(C)cc1. The number of halogens is 1. The molecule has 3 aromatic rings. The molecule has 1 unspecified atom stereocenters. The fourth-order valence-corrected chi connectivity index (χ4v) is 5.29. The molecule has 3 aromatic carbocycles. The average molecular weight is 556 g/mol. The van der Waals surface area contributed by atoms with Crippen molar-refractivity contribution in [3.63, 3.8) is 0 Å². The minimum absolute atomic E-state index is 0.0130. The summed E-state index contributed by atoms with van der Waals surface area (Å²) in [5.74, 6) is -0.869. The number of anilines is 1. The zero-order chi connectivity index (χ0) is 28.6. The first-order valence-corrected chi connectivity index (χ1v) is 14.1. The Bertz CT molecular complexity index is 1360. The van der Waals surface area contributed by atoms with Gasteiger partial charge >= 0.3 is 0 Å². The van der Waals surface area contributed by atoms with Crippen LogP contribution < -0.4 is 14.4 Å². The van der Waals surface area contributed by atoms with Gasteiger partial charge in [0.25, 0.3) is 10.0 Å². The molecule has 0 radical (unpaired) electrons. The molecule has 0 bridgehead atoms. The van der Waals surface area contributed by atoms with Crippen LogP contribution in [-0.4, -0.2) is 51.4 Å². The van der Waals surface area contributed by atoms with E-state index in [2.05, 4.69) is 5.32 Å². The van der Waals surface area contributed by atoms with Gasteiger partial charge in [-0.05, 0) is 74.4 Å². The van der Waals surface area contributed by atoms with Crippen LogP contribution in [0.5, 0.6) is 5.75 Å². The van der Waals surface area contributed by atoms with Crippen molar-refractivity contribution in [1.29, 1.82) is 0 Å². The predicted molar refractivity (Wildman–Crippen MR) is 148 cm³/mol. The number of ether oxygens (including phenoxy) is 1. The van der Waals surface area contributed by atoms with Crippen LogP contribution in [0, 0.1) is 12.7 Å². The molecule has 8 nitrogen and oxygen atoms in total. The molecule has 0 saturated carbocycles. The van der Waals surface area contributed by atoms with Crippen LogP contribution in [0.25, 0.3) is 0 Å². The number of sulfonamides is 1. The molecular weight excluding hydrogens is 521 g/mol. The summed E-state index contributed by atoms with van der Waals surface area (Å²) in [6.07, 6.45) is 0.713. The number of nitrogens with zero attached hydrogens (tertiary/aromatic N) is 2. The van der Waals surface area contributed by atoms with E-state index in [0.717, 1.165) is 9.87 Å². The summed E-state index contributed by atoms with van der Waals surface area (Å²) in [6.45, 7) is 5.20. The first kappa shape index (κ1) is 29.6. The Kier molecular flexibility index (Phi) is 10.1. The van der Waals surface area contributed by atoms with Gasteiger partial charge in [-0.3, -0.25) is 13.9 Å². The van der Waals surface area contributed by atoms with E-state index in [-0.39, 0.29) is 23.0 Å². The molecule has 0 spiro atoms. The van der Waals surface area contributed by atoms with Gasteiger partial charge < -0.3 is 15.0 Å². The Balaban J connectivity index is 2.01. The highest BCUT2D eigenvalue weighted by atomic mass is 32.2. The molecule has 3 rings (SSSR count). The number of rotatable bonds is 12. The first-order chi connectivity index (χ1) is 18.6. The Morgan fingerprint density at radius 3 is 2.15 bits per heavy atom. The van der Waals surface area contributed by atoms with Crippen LogP contribution in [0.3, 0.4) is 0 Å². The number of carbonyl (C=O) groups is 2. The van der Waals surface area contributed by atoms with Crippen molar-refractivity contribution in [2.75, 3.05) is 24.5 Å². The highest BCUT2D eigenvalue weighted by molar-refractivity contribution is 7.92. The molecule has 10 heteroatoms. The van der Waals surface area contributed by atoms with Gasteiger partial charge in [-0.15, -0.1) is 0 Å². The van der Waals surface area contributed by atoms with Crippen LogP contribution in [0.1, 0.15) is 31.4 Å². The number of amides is 2. The molecule has 39 heavy (non-hydrogen) atoms. The topological polar surface area (TPSA) is 96.0 Å². The Hall–Kier alpha value is -3.92. The maximum atomic E-state index is 13.8. The number of benzene rings is 3. The predicted octanol–water partition coefficient (Wildman–Crippen LogP) is 4.28. The Morgan fingerprint density at radius 1 is 0.974 bits per heavy atom. The standard InChI is InChI=1S/C29H34FN3O5S/c1-5-18-31-29(35)22(3)32(19-23-8-10-24(30)11-9-23)28(34)20-33(25-12-14-26(38-4)15-13-25)39(36,37)27-16-6-21(2)7-17-27/h6-17,22H,5,18-20H2,1-4H3,(H,31,35). The van der Waals surface area contributed by atoms with E-state index in [1.54, 1.807) is 43.3 Å². The number of aryl methyl sites for hydroxylation is 1. The van der Waals surface area contributed by atoms with Crippen molar-refractivity contribution in [3.05, 3.63) is 89.7 Å². The molecule has 1 N–H and O–H groups in total. The summed E-state index contributed by atoms with van der Waals surface area (Å²) in [5, 5.41) is 2.78. The second-order valence-electron chi connectivity index (χ2n) is 9.14. The van der Waals surface area contributed by atoms with Gasteiger partial charge in [0, 0.05) is 13.1 Å². The minimum Gasteiger partial charge on any atom is -0.497 e. The maximum Gasteiger partial charge on any atom is 0.264 e. The van der Waals surface area contributed by atoms with E-state index >= 15 is 0 Å². The summed E-state index contributed by atoms with van der Waals surface area (Å²) < 4.78 is 47.3. The van der Waals surface area contributed by atoms with E-state index in [1.807, 2.05) is 13.8 Å². The molecule has 0 aliphatic heterocycles. The van der Waals surface area contributed by atoms with Crippen molar-refractivity contribution in [1.82, 2.24) is 10.2 Å². The number of hydrogen-bond acceptors (Lipinski definition) is 5. The van der Waals surface area contributed by atoms with Crippen molar-refractivity contribution in [3.8, 4) is 5.75 Å². The molecule has 0 heterocycles. The van der Waals surface area contributed by atoms with E-state index in [4.69, 9.17) is 4.74 Å². The molecule has 0 aliphatic rings. The monoisotopic (exact) mass is 555 g/mol. The smallest absolute Gasteiger partial charge is 0.264 e. The van der Waals surface area contributed by atoms with Gasteiger partial charge in [0.2, 0.25) is 11.8 Å². The lowest BCUT2D eigenvalue weighted by molar-refractivity contribution is -0.139. The molecule has 0 saturated heterocycles. The third-order valence-corrected chi connectivity index (χ3v) is 8.02. The normalized spacial score (nSPS) is 11.9. The second-order valence-corrected chi connectivity index (χ2v) is 11.0. The van der Waals surface area contributed by atoms with Gasteiger partial charge in [-0.25, -0.2) is 12.8 Å². The summed E-state index contributed by atoms with van der Waals surface area (Å²) in [4.78, 5) is 28.0. The van der Waals surface area contributed by atoms with Gasteiger partial charge in [0.15, 0.2) is 0 Å². The van der Waals surface area contributed by atoms with Gasteiger partial charge in [-0.1, -0.05) is 36.8 Å². The summed E-state index contributed by atoms with van der Waals surface area (Å²) in [6, 6.07) is 17.3. The summed E-state index contributed by atoms with van der Waals surface area (Å²) >= 11 is 0. The van der Waals surface area contributed by atoms with Crippen LogP contribution in [-0.2, 0) is 26.2 Å². The second kappa shape index (κ2) is 13.2. The number of hydrogen-bond donors (Lipinski definition) is 1. The van der Waals surface area contributed by atoms with E-state index in [9.17, 15) is 22.4 Å². The lowest BCUT2D eigenvalue weighted by Crippen LogP contribution is -2.51. The van der Waals surface area contributed by atoms with E-state index in [0.29, 0.717) is 24.3 Å². The quantitative estimate of drug-likeness (QED) is 0.360. The third kappa shape index (κ3) is 7.57. The lowest BCUT2D eigenvalue weighted by atomic mass is 10.1. The van der Waals surface area contributed by atoms with Crippen LogP contribution in [0.4, 0.5) is 10.1 Å². The Labute approximate surface area is 229 Å². The molecule has 0 aliphatic carbocycles. The highest BCUT2D eigenvalue weighted by Crippen LogP contribution is 2.27. The maximum absolute atomic E-state index is 13.8. The molecule has 2 amide bonds. The largest absolute Gasteiger partial charge is 0.497 e. The lowest BCUT2D eigenvalue weighted by Gasteiger charge is -2.32. The fourth-order valence-electron chi connectivity index (χ4n) is 3.88. The van der Waals surface area contributed by atoms with Crippen LogP contribution in [0.2, 0.25) is 0 Å². The van der Waals surface area contributed by atoms with Crippen molar-refractivity contribution >= 4 is 27.5 Å². The van der Waals surface area contributed by atoms with Crippen molar-refractivity contribution < 1.29 is 27.1 Å². The van der Waals surface area contributed by atoms with Crippen molar-refractivity contribution in [2.24, 2.45) is 0 Å². The van der Waals surface area contributed by atoms with E-state index < -0.39 is 34.3 Å². The highest BCUT2D eigenvalue weighted by Gasteiger charge is 2.32. The van der Waals surface area contributed by atoms with Crippen molar-refractivity contribution in [2.45, 2.75) is 44.7 Å². The van der Waals surface area contributed by atoms with Gasteiger partial charge in [-0.2, -0.15) is 0 Å². The van der Waals surface area contributed by atoms with Crippen LogP contribution in [0.15, 0.2) is 77.7 Å².